The fraction of sp³-hybridized carbons (Fsp3) is 0.250. The predicted molar refractivity (Wildman–Crippen MR) is 117 cm³/mol. The molecular weight excluding hydrogens is 380 g/mol. The first-order chi connectivity index (χ1) is 14.1. The first kappa shape index (κ1) is 19.4. The Morgan fingerprint density at radius 2 is 1.79 bits per heavy atom. The highest BCUT2D eigenvalue weighted by Gasteiger charge is 2.21. The Morgan fingerprint density at radius 3 is 2.55 bits per heavy atom. The summed E-state index contributed by atoms with van der Waals surface area (Å²) in [5.74, 6) is -0.318. The zero-order valence-electron chi connectivity index (χ0n) is 16.4. The van der Waals surface area contributed by atoms with E-state index in [1.807, 2.05) is 11.4 Å². The number of benzene rings is 2. The number of hydrogen-bond donors (Lipinski definition) is 2. The average Bonchev–Trinajstić information content (AvgIpc) is 3.26. The molecule has 0 aliphatic heterocycles. The van der Waals surface area contributed by atoms with Crippen LogP contribution in [0.25, 0.3) is 0 Å². The number of aryl methyl sites for hydroxylation is 2. The van der Waals surface area contributed by atoms with Crippen molar-refractivity contribution < 1.29 is 9.59 Å². The molecule has 4 nitrogen and oxygen atoms in total. The van der Waals surface area contributed by atoms with Crippen molar-refractivity contribution in [2.75, 3.05) is 5.32 Å². The Labute approximate surface area is 175 Å². The molecule has 1 aliphatic carbocycles. The van der Waals surface area contributed by atoms with Crippen LogP contribution < -0.4 is 10.6 Å². The highest BCUT2D eigenvalue weighted by Crippen LogP contribution is 2.30. The lowest BCUT2D eigenvalue weighted by Crippen LogP contribution is -2.29. The van der Waals surface area contributed by atoms with Crippen molar-refractivity contribution in [2.24, 2.45) is 0 Å². The van der Waals surface area contributed by atoms with Gasteiger partial charge in [0.15, 0.2) is 0 Å². The molecule has 2 amide bonds. The highest BCUT2D eigenvalue weighted by atomic mass is 32.1. The van der Waals surface area contributed by atoms with Crippen LogP contribution in [-0.4, -0.2) is 11.8 Å². The zero-order chi connectivity index (χ0) is 20.2. The van der Waals surface area contributed by atoms with Gasteiger partial charge in [-0.3, -0.25) is 9.59 Å². The van der Waals surface area contributed by atoms with Crippen LogP contribution in [-0.2, 0) is 17.6 Å². The maximum Gasteiger partial charge on any atom is 0.252 e. The van der Waals surface area contributed by atoms with E-state index in [4.69, 9.17) is 0 Å². The summed E-state index contributed by atoms with van der Waals surface area (Å²) in [6.07, 6.45) is 4.72. The van der Waals surface area contributed by atoms with Crippen molar-refractivity contribution in [3.8, 4) is 0 Å². The molecule has 1 aliphatic rings. The lowest BCUT2D eigenvalue weighted by molar-refractivity contribution is -0.114. The molecule has 2 aromatic carbocycles. The van der Waals surface area contributed by atoms with Crippen molar-refractivity contribution in [1.29, 1.82) is 0 Å². The van der Waals surface area contributed by atoms with Gasteiger partial charge in [0.1, 0.15) is 0 Å². The van der Waals surface area contributed by atoms with Crippen LogP contribution in [0.3, 0.4) is 0 Å². The fourth-order valence-electron chi connectivity index (χ4n) is 3.86. The predicted octanol–water partition coefficient (Wildman–Crippen LogP) is 5.10. The van der Waals surface area contributed by atoms with Gasteiger partial charge in [0.25, 0.3) is 5.91 Å². The lowest BCUT2D eigenvalue weighted by Gasteiger charge is -2.22. The SMILES string of the molecule is CC(=O)Nc1cccc(C(=O)NC(c2ccc3c(c2)CCCC3)c2cccs2)c1. The maximum atomic E-state index is 13.0. The van der Waals surface area contributed by atoms with Crippen LogP contribution >= 0.6 is 11.3 Å². The molecule has 0 saturated heterocycles. The van der Waals surface area contributed by atoms with E-state index in [0.29, 0.717) is 11.3 Å². The Kier molecular flexibility index (Phi) is 5.76. The standard InChI is InChI=1S/C24H24N2O2S/c1-16(27)25-21-9-4-8-20(15-21)24(28)26-23(22-10-5-13-29-22)19-12-11-17-6-2-3-7-18(17)14-19/h4-5,8-15,23H,2-3,6-7H2,1H3,(H,25,27)(H,26,28). The van der Waals surface area contributed by atoms with Crippen molar-refractivity contribution in [1.82, 2.24) is 5.32 Å². The summed E-state index contributed by atoms with van der Waals surface area (Å²) in [4.78, 5) is 25.5. The van der Waals surface area contributed by atoms with E-state index in [1.165, 1.54) is 30.9 Å². The van der Waals surface area contributed by atoms with E-state index >= 15 is 0 Å². The van der Waals surface area contributed by atoms with Gasteiger partial charge < -0.3 is 10.6 Å². The molecule has 2 N–H and O–H groups in total. The molecule has 0 bridgehead atoms. The lowest BCUT2D eigenvalue weighted by atomic mass is 9.89. The van der Waals surface area contributed by atoms with Gasteiger partial charge in [0, 0.05) is 23.1 Å². The summed E-state index contributed by atoms with van der Waals surface area (Å²) >= 11 is 1.64. The Morgan fingerprint density at radius 1 is 0.966 bits per heavy atom. The molecule has 0 spiro atoms. The van der Waals surface area contributed by atoms with Crippen LogP contribution in [0.2, 0.25) is 0 Å². The average molecular weight is 405 g/mol. The van der Waals surface area contributed by atoms with Gasteiger partial charge in [-0.1, -0.05) is 30.3 Å². The smallest absolute Gasteiger partial charge is 0.252 e. The summed E-state index contributed by atoms with van der Waals surface area (Å²) in [5, 5.41) is 7.96. The number of rotatable bonds is 5. The van der Waals surface area contributed by atoms with E-state index < -0.39 is 0 Å². The summed E-state index contributed by atoms with van der Waals surface area (Å²) < 4.78 is 0. The van der Waals surface area contributed by atoms with E-state index in [1.54, 1.807) is 35.6 Å². The number of carbonyl (C=O) groups excluding carboxylic acids is 2. The molecule has 0 fully saturated rings. The number of fused-ring (bicyclic) bond motifs is 1. The van der Waals surface area contributed by atoms with Crippen LogP contribution in [0.15, 0.2) is 60.0 Å². The number of amides is 2. The van der Waals surface area contributed by atoms with Gasteiger partial charge >= 0.3 is 0 Å². The van der Waals surface area contributed by atoms with E-state index in [2.05, 4.69) is 34.9 Å². The molecule has 0 saturated carbocycles. The van der Waals surface area contributed by atoms with Gasteiger partial charge in [0.05, 0.1) is 6.04 Å². The molecule has 1 unspecified atom stereocenters. The largest absolute Gasteiger partial charge is 0.340 e. The Balaban J connectivity index is 1.62. The molecule has 0 radical (unpaired) electrons. The number of hydrogen-bond acceptors (Lipinski definition) is 3. The minimum Gasteiger partial charge on any atom is -0.340 e. The number of thiophene rings is 1. The summed E-state index contributed by atoms with van der Waals surface area (Å²) in [6, 6.07) is 17.5. The molecule has 3 aromatic rings. The van der Waals surface area contributed by atoms with Crippen LogP contribution in [0.1, 0.15) is 57.7 Å². The van der Waals surface area contributed by atoms with Crippen LogP contribution in [0.4, 0.5) is 5.69 Å². The van der Waals surface area contributed by atoms with Crippen molar-refractivity contribution >= 4 is 28.8 Å². The van der Waals surface area contributed by atoms with Crippen LogP contribution in [0, 0.1) is 0 Å². The molecule has 4 rings (SSSR count). The Hall–Kier alpha value is -2.92. The second-order valence-corrected chi connectivity index (χ2v) is 8.40. The maximum absolute atomic E-state index is 13.0. The van der Waals surface area contributed by atoms with Crippen molar-refractivity contribution in [3.05, 3.63) is 87.1 Å². The number of carbonyl (C=O) groups is 2. The number of anilines is 1. The first-order valence-corrected chi connectivity index (χ1v) is 10.8. The third-order valence-electron chi connectivity index (χ3n) is 5.25. The molecule has 1 atom stereocenters. The van der Waals surface area contributed by atoms with Gasteiger partial charge in [0.2, 0.25) is 5.91 Å². The second kappa shape index (κ2) is 8.62. The summed E-state index contributed by atoms with van der Waals surface area (Å²) in [7, 11) is 0. The molecule has 29 heavy (non-hydrogen) atoms. The van der Waals surface area contributed by atoms with E-state index in [9.17, 15) is 9.59 Å². The number of nitrogens with one attached hydrogen (secondary N) is 2. The topological polar surface area (TPSA) is 58.2 Å². The van der Waals surface area contributed by atoms with Crippen LogP contribution in [0.5, 0.6) is 0 Å². The molecule has 5 heteroatoms. The first-order valence-electron chi connectivity index (χ1n) is 9.94. The second-order valence-electron chi connectivity index (χ2n) is 7.42. The molecule has 148 valence electrons. The normalized spacial score (nSPS) is 14.0. The van der Waals surface area contributed by atoms with E-state index in [-0.39, 0.29) is 17.9 Å². The fourth-order valence-corrected chi connectivity index (χ4v) is 4.67. The van der Waals surface area contributed by atoms with Gasteiger partial charge in [-0.25, -0.2) is 0 Å². The molecular formula is C24H24N2O2S. The zero-order valence-corrected chi connectivity index (χ0v) is 17.2. The highest BCUT2D eigenvalue weighted by molar-refractivity contribution is 7.10. The molecule has 1 aromatic heterocycles. The summed E-state index contributed by atoms with van der Waals surface area (Å²) in [6.45, 7) is 1.45. The van der Waals surface area contributed by atoms with Crippen molar-refractivity contribution in [2.45, 2.75) is 38.6 Å². The van der Waals surface area contributed by atoms with Gasteiger partial charge in [-0.05, 0) is 72.0 Å². The van der Waals surface area contributed by atoms with E-state index in [0.717, 1.165) is 23.3 Å². The molecule has 1 heterocycles. The third kappa shape index (κ3) is 4.57. The van der Waals surface area contributed by atoms with Gasteiger partial charge in [-0.15, -0.1) is 11.3 Å². The minimum absolute atomic E-state index is 0.159. The van der Waals surface area contributed by atoms with Gasteiger partial charge in [-0.2, -0.15) is 0 Å². The summed E-state index contributed by atoms with van der Waals surface area (Å²) in [5.41, 5.74) is 5.08. The monoisotopic (exact) mass is 404 g/mol. The minimum atomic E-state index is -0.195. The van der Waals surface area contributed by atoms with Crippen molar-refractivity contribution in [3.63, 3.8) is 0 Å². The third-order valence-corrected chi connectivity index (χ3v) is 6.19. The Bertz CT molecular complexity index is 1030. The quantitative estimate of drug-likeness (QED) is 0.621.